The minimum absolute atomic E-state index is 0. The number of hydrogen-bond donors (Lipinski definition) is 2. The van der Waals surface area contributed by atoms with Gasteiger partial charge >= 0.3 is 0 Å². The minimum Gasteiger partial charge on any atom is -0.491 e. The molecule has 2 fully saturated rings. The molecule has 40 heavy (non-hydrogen) atoms. The van der Waals surface area contributed by atoms with Crippen LogP contribution in [0, 0.1) is 11.6 Å². The van der Waals surface area contributed by atoms with E-state index in [1.165, 1.54) is 12.1 Å². The summed E-state index contributed by atoms with van der Waals surface area (Å²) in [6, 6.07) is 6.55. The maximum atomic E-state index is 13.8. The summed E-state index contributed by atoms with van der Waals surface area (Å²) in [5, 5.41) is 6.55. The molecular formula is C30H42Br2F2N2O4. The highest BCUT2D eigenvalue weighted by Gasteiger charge is 2.27. The molecule has 4 unspecified atom stereocenters. The van der Waals surface area contributed by atoms with E-state index in [1.54, 1.807) is 12.1 Å². The van der Waals surface area contributed by atoms with Crippen LogP contribution in [0.4, 0.5) is 8.78 Å². The quantitative estimate of drug-likeness (QED) is 0.409. The SMILES string of the molecule is Br.Br.CC1CCc2c(OCC3CNCCO3)ccc(F)c21.CC1CCc2c(OCC3CNCCO3)ccc(F)c21. The molecule has 2 aromatic carbocycles. The van der Waals surface area contributed by atoms with Crippen molar-refractivity contribution in [1.82, 2.24) is 10.6 Å². The molecule has 4 aliphatic rings. The van der Waals surface area contributed by atoms with E-state index in [1.807, 2.05) is 0 Å². The molecule has 0 saturated carbocycles. The van der Waals surface area contributed by atoms with Crippen LogP contribution in [0.2, 0.25) is 0 Å². The Morgan fingerprint density at radius 2 is 1.15 bits per heavy atom. The Balaban J connectivity index is 0.000000210. The van der Waals surface area contributed by atoms with Crippen LogP contribution in [0.25, 0.3) is 0 Å². The molecule has 0 bridgehead atoms. The molecule has 2 aliphatic heterocycles. The summed E-state index contributed by atoms with van der Waals surface area (Å²) in [5.41, 5.74) is 3.80. The Hall–Kier alpha value is -1.30. The van der Waals surface area contributed by atoms with Gasteiger partial charge in [-0.15, -0.1) is 34.0 Å². The summed E-state index contributed by atoms with van der Waals surface area (Å²) in [7, 11) is 0. The van der Waals surface area contributed by atoms with Crippen molar-refractivity contribution in [2.75, 3.05) is 52.6 Å². The zero-order valence-corrected chi connectivity index (χ0v) is 26.7. The Morgan fingerprint density at radius 3 is 1.52 bits per heavy atom. The van der Waals surface area contributed by atoms with Crippen LogP contribution in [-0.4, -0.2) is 64.8 Å². The molecule has 4 atom stereocenters. The first-order chi connectivity index (χ1) is 18.5. The van der Waals surface area contributed by atoms with Crippen molar-refractivity contribution in [2.45, 2.75) is 63.6 Å². The molecule has 2 aromatic rings. The Labute approximate surface area is 257 Å². The van der Waals surface area contributed by atoms with Gasteiger partial charge in [0.25, 0.3) is 0 Å². The van der Waals surface area contributed by atoms with Gasteiger partial charge in [-0.1, -0.05) is 13.8 Å². The van der Waals surface area contributed by atoms with E-state index in [4.69, 9.17) is 18.9 Å². The summed E-state index contributed by atoms with van der Waals surface area (Å²) >= 11 is 0. The van der Waals surface area contributed by atoms with Gasteiger partial charge in [-0.3, -0.25) is 0 Å². The van der Waals surface area contributed by atoms with Gasteiger partial charge in [0.2, 0.25) is 0 Å². The number of hydrogen-bond acceptors (Lipinski definition) is 6. The monoisotopic (exact) mass is 690 g/mol. The maximum absolute atomic E-state index is 13.8. The predicted octanol–water partition coefficient (Wildman–Crippen LogP) is 5.64. The highest BCUT2D eigenvalue weighted by Crippen LogP contribution is 2.40. The molecule has 224 valence electrons. The lowest BCUT2D eigenvalue weighted by Gasteiger charge is -2.24. The second-order valence-corrected chi connectivity index (χ2v) is 10.8. The van der Waals surface area contributed by atoms with Crippen molar-refractivity contribution in [1.29, 1.82) is 0 Å². The van der Waals surface area contributed by atoms with Crippen molar-refractivity contribution >= 4 is 34.0 Å². The molecule has 2 heterocycles. The van der Waals surface area contributed by atoms with Gasteiger partial charge in [0.05, 0.1) is 13.2 Å². The number of rotatable bonds is 6. The van der Waals surface area contributed by atoms with Crippen LogP contribution in [0.1, 0.15) is 60.8 Å². The second-order valence-electron chi connectivity index (χ2n) is 10.8. The fourth-order valence-corrected chi connectivity index (χ4v) is 5.91. The van der Waals surface area contributed by atoms with Crippen LogP contribution in [0.3, 0.4) is 0 Å². The van der Waals surface area contributed by atoms with E-state index < -0.39 is 0 Å². The Bertz CT molecular complexity index is 1010. The third kappa shape index (κ3) is 7.95. The minimum atomic E-state index is -0.0945. The molecule has 0 spiro atoms. The fraction of sp³-hybridized carbons (Fsp3) is 0.600. The number of morpholine rings is 2. The summed E-state index contributed by atoms with van der Waals surface area (Å²) in [6.45, 7) is 10.1. The first kappa shape index (κ1) is 33.2. The number of benzene rings is 2. The molecule has 0 aromatic heterocycles. The van der Waals surface area contributed by atoms with E-state index in [0.29, 0.717) is 25.0 Å². The summed E-state index contributed by atoms with van der Waals surface area (Å²) in [5.74, 6) is 2.06. The van der Waals surface area contributed by atoms with E-state index in [-0.39, 0.29) is 57.8 Å². The zero-order chi connectivity index (χ0) is 26.5. The summed E-state index contributed by atoms with van der Waals surface area (Å²) in [6.07, 6.45) is 4.02. The second kappa shape index (κ2) is 15.8. The normalized spacial score (nSPS) is 24.9. The molecule has 2 saturated heterocycles. The highest BCUT2D eigenvalue weighted by molar-refractivity contribution is 8.93. The molecule has 0 radical (unpaired) electrons. The Kier molecular flexibility index (Phi) is 13.1. The van der Waals surface area contributed by atoms with Crippen molar-refractivity contribution in [3.05, 3.63) is 58.2 Å². The van der Waals surface area contributed by atoms with Crippen LogP contribution >= 0.6 is 34.0 Å². The van der Waals surface area contributed by atoms with Crippen molar-refractivity contribution in [3.63, 3.8) is 0 Å². The van der Waals surface area contributed by atoms with E-state index in [0.717, 1.165) is 98.8 Å². The predicted molar refractivity (Wildman–Crippen MR) is 163 cm³/mol. The average molecular weight is 692 g/mol. The van der Waals surface area contributed by atoms with Crippen LogP contribution < -0.4 is 20.1 Å². The van der Waals surface area contributed by atoms with Crippen molar-refractivity contribution in [2.24, 2.45) is 0 Å². The fourth-order valence-electron chi connectivity index (χ4n) is 5.91. The van der Waals surface area contributed by atoms with Gasteiger partial charge in [-0.2, -0.15) is 0 Å². The topological polar surface area (TPSA) is 61.0 Å². The number of fused-ring (bicyclic) bond motifs is 2. The third-order valence-corrected chi connectivity index (χ3v) is 8.02. The van der Waals surface area contributed by atoms with E-state index >= 15 is 0 Å². The van der Waals surface area contributed by atoms with Gasteiger partial charge in [0, 0.05) is 37.3 Å². The van der Waals surface area contributed by atoms with Gasteiger partial charge in [0.1, 0.15) is 48.6 Å². The molecular weight excluding hydrogens is 650 g/mol. The highest BCUT2D eigenvalue weighted by atomic mass is 79.9. The van der Waals surface area contributed by atoms with Gasteiger partial charge in [-0.25, -0.2) is 8.78 Å². The van der Waals surface area contributed by atoms with Crippen LogP contribution in [-0.2, 0) is 22.3 Å². The number of halogens is 4. The summed E-state index contributed by atoms with van der Waals surface area (Å²) < 4.78 is 50.6. The largest absolute Gasteiger partial charge is 0.491 e. The lowest BCUT2D eigenvalue weighted by atomic mass is 10.0. The zero-order valence-electron chi connectivity index (χ0n) is 23.3. The first-order valence-corrected chi connectivity index (χ1v) is 14.0. The lowest BCUT2D eigenvalue weighted by Crippen LogP contribution is -2.41. The van der Waals surface area contributed by atoms with Gasteiger partial charge in [0.15, 0.2) is 0 Å². The van der Waals surface area contributed by atoms with E-state index in [9.17, 15) is 8.78 Å². The van der Waals surface area contributed by atoms with Crippen LogP contribution in [0.5, 0.6) is 11.5 Å². The lowest BCUT2D eigenvalue weighted by molar-refractivity contribution is -0.0000202. The maximum Gasteiger partial charge on any atom is 0.127 e. The molecule has 6 nitrogen and oxygen atoms in total. The smallest absolute Gasteiger partial charge is 0.127 e. The van der Waals surface area contributed by atoms with Crippen molar-refractivity contribution < 1.29 is 27.7 Å². The van der Waals surface area contributed by atoms with Gasteiger partial charge in [-0.05, 0) is 72.9 Å². The van der Waals surface area contributed by atoms with Crippen LogP contribution in [0.15, 0.2) is 24.3 Å². The molecule has 2 aliphatic carbocycles. The molecule has 2 N–H and O–H groups in total. The number of ether oxygens (including phenoxy) is 4. The first-order valence-electron chi connectivity index (χ1n) is 14.0. The van der Waals surface area contributed by atoms with Crippen molar-refractivity contribution in [3.8, 4) is 11.5 Å². The Morgan fingerprint density at radius 1 is 0.725 bits per heavy atom. The molecule has 6 rings (SSSR count). The number of nitrogens with one attached hydrogen (secondary N) is 2. The van der Waals surface area contributed by atoms with Gasteiger partial charge < -0.3 is 29.6 Å². The molecule has 10 heteroatoms. The summed E-state index contributed by atoms with van der Waals surface area (Å²) in [4.78, 5) is 0. The standard InChI is InChI=1S/2C15H20FNO2.2BrH/c2*1-10-2-3-12-14(5-4-13(16)15(10)12)19-9-11-8-17-6-7-18-11;;/h2*4-5,10-11,17H,2-3,6-9H2,1H3;2*1H. The van der Waals surface area contributed by atoms with E-state index in [2.05, 4.69) is 24.5 Å². The molecule has 0 amide bonds. The average Bonchev–Trinajstić information content (AvgIpc) is 3.54. The third-order valence-electron chi connectivity index (χ3n) is 8.02.